The predicted molar refractivity (Wildman–Crippen MR) is 180 cm³/mol. The first-order valence-corrected chi connectivity index (χ1v) is 16.6. The molecule has 7 rings (SSSR count). The number of carbonyl (C=O) groups is 1. The molecule has 248 valence electrons. The molecule has 0 unspecified atom stereocenters. The van der Waals surface area contributed by atoms with Crippen molar-refractivity contribution >= 4 is 46.0 Å². The van der Waals surface area contributed by atoms with E-state index in [2.05, 4.69) is 37.9 Å². The van der Waals surface area contributed by atoms with Crippen molar-refractivity contribution in [1.82, 2.24) is 34.5 Å². The number of nitrogens with zero attached hydrogens (tertiary/aromatic N) is 10. The van der Waals surface area contributed by atoms with Gasteiger partial charge in [-0.3, -0.25) is 4.79 Å². The molecule has 12 nitrogen and oxygen atoms in total. The lowest BCUT2D eigenvalue weighted by Gasteiger charge is -2.42. The number of nitriles is 1. The summed E-state index contributed by atoms with van der Waals surface area (Å²) < 4.78 is 22.3. The average molecular weight is 671 g/mol. The Morgan fingerprint density at radius 1 is 1.15 bits per heavy atom. The number of benzene rings is 2. The van der Waals surface area contributed by atoms with Gasteiger partial charge in [0.25, 0.3) is 0 Å². The van der Waals surface area contributed by atoms with Gasteiger partial charge in [-0.15, -0.1) is 0 Å². The van der Waals surface area contributed by atoms with E-state index >= 15 is 0 Å². The Morgan fingerprint density at radius 3 is 2.83 bits per heavy atom. The lowest BCUT2D eigenvalue weighted by atomic mass is 10.0. The third-order valence-corrected chi connectivity index (χ3v) is 9.92. The molecule has 0 aliphatic carbocycles. The first kappa shape index (κ1) is 31.8. The Labute approximate surface area is 283 Å². The maximum absolute atomic E-state index is 14.6. The van der Waals surface area contributed by atoms with Gasteiger partial charge >= 0.3 is 6.01 Å². The minimum atomic E-state index is -0.454. The fourth-order valence-corrected chi connectivity index (χ4v) is 7.25. The van der Waals surface area contributed by atoms with Crippen LogP contribution in [0.4, 0.5) is 15.9 Å². The van der Waals surface area contributed by atoms with Crippen molar-refractivity contribution in [3.63, 3.8) is 0 Å². The van der Waals surface area contributed by atoms with Crippen LogP contribution in [0.5, 0.6) is 6.01 Å². The van der Waals surface area contributed by atoms with Gasteiger partial charge in [0.1, 0.15) is 30.9 Å². The molecule has 2 atom stereocenters. The van der Waals surface area contributed by atoms with Crippen LogP contribution in [0.2, 0.25) is 5.02 Å². The summed E-state index contributed by atoms with van der Waals surface area (Å²) in [6.45, 7) is 4.01. The van der Waals surface area contributed by atoms with E-state index in [0.717, 1.165) is 47.5 Å². The van der Waals surface area contributed by atoms with Crippen LogP contribution < -0.4 is 14.5 Å². The van der Waals surface area contributed by atoms with Gasteiger partial charge < -0.3 is 24.3 Å². The maximum Gasteiger partial charge on any atom is 0.318 e. The number of ether oxygens (including phenoxy) is 1. The molecule has 5 heterocycles. The lowest BCUT2D eigenvalue weighted by Crippen LogP contribution is -2.55. The zero-order valence-electron chi connectivity index (χ0n) is 26.7. The van der Waals surface area contributed by atoms with Gasteiger partial charge in [0.2, 0.25) is 5.91 Å². The molecule has 0 N–H and O–H groups in total. The van der Waals surface area contributed by atoms with Gasteiger partial charge in [0.15, 0.2) is 0 Å². The highest BCUT2D eigenvalue weighted by Crippen LogP contribution is 2.38. The van der Waals surface area contributed by atoms with E-state index in [9.17, 15) is 14.4 Å². The number of fused-ring (bicyclic) bond motifs is 2. The van der Waals surface area contributed by atoms with Crippen LogP contribution in [0, 0.1) is 17.1 Å². The van der Waals surface area contributed by atoms with Crippen LogP contribution in [0.25, 0.3) is 17.0 Å². The van der Waals surface area contributed by atoms with Crippen molar-refractivity contribution in [2.75, 3.05) is 56.2 Å². The highest BCUT2D eigenvalue weighted by atomic mass is 35.5. The van der Waals surface area contributed by atoms with E-state index in [0.29, 0.717) is 57.1 Å². The highest BCUT2D eigenvalue weighted by Gasteiger charge is 2.34. The minimum Gasteiger partial charge on any atom is -0.462 e. The molecule has 1 amide bonds. The minimum absolute atomic E-state index is 0.106. The molecule has 0 spiro atoms. The van der Waals surface area contributed by atoms with Gasteiger partial charge in [-0.25, -0.2) is 14.1 Å². The molecule has 0 bridgehead atoms. The highest BCUT2D eigenvalue weighted by molar-refractivity contribution is 6.36. The van der Waals surface area contributed by atoms with Crippen molar-refractivity contribution in [2.24, 2.45) is 0 Å². The number of halogens is 2. The number of rotatable bonds is 8. The van der Waals surface area contributed by atoms with Gasteiger partial charge in [-0.05, 0) is 50.4 Å². The second-order valence-corrected chi connectivity index (χ2v) is 12.8. The average Bonchev–Trinajstić information content (AvgIpc) is 3.78. The van der Waals surface area contributed by atoms with E-state index in [1.54, 1.807) is 17.2 Å². The van der Waals surface area contributed by atoms with Crippen molar-refractivity contribution in [3.05, 3.63) is 71.2 Å². The van der Waals surface area contributed by atoms with Crippen LogP contribution in [-0.2, 0) is 17.8 Å². The molecule has 2 fully saturated rings. The quantitative estimate of drug-likeness (QED) is 0.253. The third kappa shape index (κ3) is 6.37. The molecule has 3 aliphatic heterocycles. The van der Waals surface area contributed by atoms with Gasteiger partial charge in [0, 0.05) is 61.1 Å². The third-order valence-electron chi connectivity index (χ3n) is 9.55. The van der Waals surface area contributed by atoms with Crippen molar-refractivity contribution in [1.29, 1.82) is 5.26 Å². The Morgan fingerprint density at radius 2 is 2.04 bits per heavy atom. The fourth-order valence-electron chi connectivity index (χ4n) is 6.98. The topological polar surface area (TPSA) is 120 Å². The van der Waals surface area contributed by atoms with Gasteiger partial charge in [0.05, 0.1) is 35.8 Å². The Bertz CT molecular complexity index is 1880. The second-order valence-electron chi connectivity index (χ2n) is 12.4. The summed E-state index contributed by atoms with van der Waals surface area (Å²) in [7, 11) is 2.10. The van der Waals surface area contributed by atoms with E-state index in [1.807, 2.05) is 18.2 Å². The molecule has 3 aliphatic rings. The largest absolute Gasteiger partial charge is 0.462 e. The number of piperazine rings is 1. The summed E-state index contributed by atoms with van der Waals surface area (Å²) in [5.41, 5.74) is 2.69. The van der Waals surface area contributed by atoms with E-state index in [1.165, 1.54) is 29.5 Å². The van der Waals surface area contributed by atoms with Crippen molar-refractivity contribution in [3.8, 4) is 12.1 Å². The number of anilines is 2. The summed E-state index contributed by atoms with van der Waals surface area (Å²) >= 11 is 6.52. The van der Waals surface area contributed by atoms with E-state index < -0.39 is 5.82 Å². The molecule has 0 radical (unpaired) electrons. The summed E-state index contributed by atoms with van der Waals surface area (Å²) in [5.74, 6) is 0.120. The number of hydrogen-bond donors (Lipinski definition) is 0. The van der Waals surface area contributed by atoms with Gasteiger partial charge in [-0.2, -0.15) is 20.3 Å². The molecule has 2 aromatic heterocycles. The number of hydrogen-bond acceptors (Lipinski definition) is 10. The normalized spacial score (nSPS) is 20.0. The van der Waals surface area contributed by atoms with Gasteiger partial charge in [-0.1, -0.05) is 29.8 Å². The molecular formula is C34H36ClFN10O2. The van der Waals surface area contributed by atoms with E-state index in [-0.39, 0.29) is 29.4 Å². The summed E-state index contributed by atoms with van der Waals surface area (Å²) in [5, 5.41) is 15.4. The first-order chi connectivity index (χ1) is 23.4. The summed E-state index contributed by atoms with van der Waals surface area (Å²) in [6, 6.07) is 11.5. The van der Waals surface area contributed by atoms with Crippen LogP contribution in [0.1, 0.15) is 30.5 Å². The predicted octanol–water partition coefficient (Wildman–Crippen LogP) is 4.15. The maximum atomic E-state index is 14.6. The molecule has 48 heavy (non-hydrogen) atoms. The molecular weight excluding hydrogens is 635 g/mol. The monoisotopic (exact) mass is 670 g/mol. The SMILES string of the molecule is CN1CCC[C@H]1COc1nc2c(c(N3CCN(C(=O)C=Cn4cncn4)[C@@H](CC#N)C3)n1)CCN(c1cccc3ccc(F)c(Cl)c13)C2. The number of carbonyl (C=O) groups excluding carboxylic acids is 1. The standard InChI is InChI=1S/C34H36ClFN10O2/c1-42-13-3-5-25(42)20-48-34-40-28-19-43(29-6-2-4-23-7-8-27(36)32(35)31(23)29)14-10-26(28)33(41-34)44-16-17-46(24(18-44)9-12-37)30(47)11-15-45-22-38-21-39-45/h2,4,6-8,11,15,21-22,24-25H,3,5,9-10,13-14,16-20H2,1H3/t24-,25-/m0/s1. The smallest absolute Gasteiger partial charge is 0.318 e. The number of likely N-dealkylation sites (N-methyl/N-ethyl adjacent to an activating group) is 1. The molecule has 2 saturated heterocycles. The number of amides is 1. The molecule has 0 saturated carbocycles. The first-order valence-electron chi connectivity index (χ1n) is 16.2. The zero-order valence-corrected chi connectivity index (χ0v) is 27.4. The fraction of sp³-hybridized carbons (Fsp3) is 0.412. The van der Waals surface area contributed by atoms with Crippen LogP contribution >= 0.6 is 11.6 Å². The van der Waals surface area contributed by atoms with Crippen molar-refractivity contribution in [2.45, 2.75) is 44.3 Å². The molecule has 2 aromatic carbocycles. The number of aromatic nitrogens is 5. The zero-order chi connectivity index (χ0) is 33.2. The van der Waals surface area contributed by atoms with Crippen LogP contribution in [-0.4, -0.2) is 98.9 Å². The molecule has 14 heteroatoms. The Kier molecular flexibility index (Phi) is 9.10. The summed E-state index contributed by atoms with van der Waals surface area (Å²) in [4.78, 5) is 35.4. The van der Waals surface area contributed by atoms with Crippen LogP contribution in [0.15, 0.2) is 49.1 Å². The lowest BCUT2D eigenvalue weighted by molar-refractivity contribution is -0.128. The van der Waals surface area contributed by atoms with Crippen molar-refractivity contribution < 1.29 is 13.9 Å². The number of likely N-dealkylation sites (tertiary alicyclic amines) is 1. The molecule has 4 aromatic rings. The van der Waals surface area contributed by atoms with Crippen LogP contribution in [0.3, 0.4) is 0 Å². The summed E-state index contributed by atoms with van der Waals surface area (Å²) in [6.07, 6.45) is 8.91. The Hall–Kier alpha value is -4.80. The Balaban J connectivity index is 1.19. The van der Waals surface area contributed by atoms with E-state index in [4.69, 9.17) is 26.3 Å². The second kappa shape index (κ2) is 13.7.